The Morgan fingerprint density at radius 3 is 2.23 bits per heavy atom. The number of likely N-dealkylation sites (tertiary alicyclic amines) is 1. The third-order valence-electron chi connectivity index (χ3n) is 4.43. The number of alkyl halides is 2. The minimum atomic E-state index is -4.69. The first-order valence-electron chi connectivity index (χ1n) is 7.99. The smallest absolute Gasteiger partial charge is 0.332 e. The number of halogens is 3. The zero-order valence-corrected chi connectivity index (χ0v) is 14.4. The molecule has 2 aromatic rings. The van der Waals surface area contributed by atoms with E-state index in [1.807, 2.05) is 0 Å². The standard InChI is InChI=1S/C18H16F3NO3S/c19-14-7-3-12(4-8-14)16-2-1-11-22(16)17(23)13-5-9-15(10-6-13)26(24,25)18(20)21/h3-10,16,18H,1-2,11H2/t16-/m0/s1. The Morgan fingerprint density at radius 1 is 1.04 bits per heavy atom. The molecule has 2 aromatic carbocycles. The fraction of sp³-hybridized carbons (Fsp3) is 0.278. The SMILES string of the molecule is O=C(c1ccc(S(=O)(=O)C(F)F)cc1)N1CCC[C@H]1c1ccc(F)cc1. The number of rotatable bonds is 4. The Kier molecular flexibility index (Phi) is 5.04. The highest BCUT2D eigenvalue weighted by Crippen LogP contribution is 2.33. The highest BCUT2D eigenvalue weighted by Gasteiger charge is 2.31. The van der Waals surface area contributed by atoms with Gasteiger partial charge in [0.1, 0.15) is 5.82 Å². The van der Waals surface area contributed by atoms with Crippen molar-refractivity contribution in [3.8, 4) is 0 Å². The van der Waals surface area contributed by atoms with Gasteiger partial charge >= 0.3 is 5.76 Å². The van der Waals surface area contributed by atoms with Gasteiger partial charge < -0.3 is 4.90 Å². The lowest BCUT2D eigenvalue weighted by atomic mass is 10.0. The molecule has 8 heteroatoms. The number of carbonyl (C=O) groups is 1. The Hall–Kier alpha value is -2.35. The summed E-state index contributed by atoms with van der Waals surface area (Å²) in [6.07, 6.45) is 1.51. The van der Waals surface area contributed by atoms with Gasteiger partial charge in [0, 0.05) is 12.1 Å². The molecule has 26 heavy (non-hydrogen) atoms. The topological polar surface area (TPSA) is 54.5 Å². The molecule has 0 unspecified atom stereocenters. The van der Waals surface area contributed by atoms with Gasteiger partial charge in [0.25, 0.3) is 5.91 Å². The molecule has 1 fully saturated rings. The largest absolute Gasteiger partial charge is 0.341 e. The van der Waals surface area contributed by atoms with E-state index >= 15 is 0 Å². The van der Waals surface area contributed by atoms with Crippen molar-refractivity contribution < 1.29 is 26.4 Å². The maximum Gasteiger partial charge on any atom is 0.341 e. The van der Waals surface area contributed by atoms with Gasteiger partial charge in [-0.25, -0.2) is 12.8 Å². The van der Waals surface area contributed by atoms with Crippen LogP contribution in [0.4, 0.5) is 13.2 Å². The van der Waals surface area contributed by atoms with Crippen molar-refractivity contribution in [3.05, 3.63) is 65.5 Å². The fourth-order valence-electron chi connectivity index (χ4n) is 3.10. The summed E-state index contributed by atoms with van der Waals surface area (Å²) in [7, 11) is -4.69. The minimum Gasteiger partial charge on any atom is -0.332 e. The minimum absolute atomic E-state index is 0.201. The molecule has 0 bridgehead atoms. The molecule has 0 aromatic heterocycles. The van der Waals surface area contributed by atoms with Gasteiger partial charge in [-0.2, -0.15) is 8.78 Å². The van der Waals surface area contributed by atoms with Crippen molar-refractivity contribution in [2.45, 2.75) is 29.5 Å². The Balaban J connectivity index is 1.83. The second-order valence-electron chi connectivity index (χ2n) is 6.04. The van der Waals surface area contributed by atoms with E-state index in [1.54, 1.807) is 17.0 Å². The average Bonchev–Trinajstić information content (AvgIpc) is 3.11. The lowest BCUT2D eigenvalue weighted by molar-refractivity contribution is 0.0735. The fourth-order valence-corrected chi connectivity index (χ4v) is 3.82. The molecule has 1 amide bonds. The molecule has 1 saturated heterocycles. The summed E-state index contributed by atoms with van der Waals surface area (Å²) >= 11 is 0. The van der Waals surface area contributed by atoms with E-state index in [2.05, 4.69) is 0 Å². The van der Waals surface area contributed by atoms with Gasteiger partial charge in [-0.3, -0.25) is 4.79 Å². The summed E-state index contributed by atoms with van der Waals surface area (Å²) in [5.74, 6) is -4.19. The van der Waals surface area contributed by atoms with Gasteiger partial charge in [0.2, 0.25) is 9.84 Å². The van der Waals surface area contributed by atoms with E-state index in [0.717, 1.165) is 30.5 Å². The molecule has 1 heterocycles. The van der Waals surface area contributed by atoms with E-state index in [1.165, 1.54) is 24.3 Å². The first-order valence-corrected chi connectivity index (χ1v) is 9.54. The Morgan fingerprint density at radius 2 is 1.65 bits per heavy atom. The van der Waals surface area contributed by atoms with Crippen molar-refractivity contribution in [3.63, 3.8) is 0 Å². The zero-order chi connectivity index (χ0) is 18.9. The molecule has 0 saturated carbocycles. The number of hydrogen-bond donors (Lipinski definition) is 0. The first-order chi connectivity index (χ1) is 12.3. The molecule has 0 spiro atoms. The second-order valence-corrected chi connectivity index (χ2v) is 7.96. The number of benzene rings is 2. The molecular weight excluding hydrogens is 367 g/mol. The van der Waals surface area contributed by atoms with Crippen LogP contribution in [-0.4, -0.2) is 31.5 Å². The highest BCUT2D eigenvalue weighted by atomic mass is 32.2. The molecule has 0 aliphatic carbocycles. The summed E-state index contributed by atoms with van der Waals surface area (Å²) in [5.41, 5.74) is 1.03. The molecule has 1 atom stereocenters. The van der Waals surface area contributed by atoms with Crippen molar-refractivity contribution in [1.29, 1.82) is 0 Å². The number of hydrogen-bond acceptors (Lipinski definition) is 3. The van der Waals surface area contributed by atoms with Crippen molar-refractivity contribution in [2.75, 3.05) is 6.54 Å². The summed E-state index contributed by atoms with van der Waals surface area (Å²) < 4.78 is 61.2. The van der Waals surface area contributed by atoms with Crippen molar-refractivity contribution in [1.82, 2.24) is 4.90 Å². The van der Waals surface area contributed by atoms with E-state index in [4.69, 9.17) is 0 Å². The lowest BCUT2D eigenvalue weighted by Gasteiger charge is -2.25. The molecule has 138 valence electrons. The van der Waals surface area contributed by atoms with Gasteiger partial charge in [0.05, 0.1) is 10.9 Å². The molecule has 1 aliphatic rings. The number of carbonyl (C=O) groups excluding carboxylic acids is 1. The second kappa shape index (κ2) is 7.11. The summed E-state index contributed by atoms with van der Waals surface area (Å²) in [5, 5.41) is 0. The van der Waals surface area contributed by atoms with Gasteiger partial charge in [-0.05, 0) is 54.8 Å². The monoisotopic (exact) mass is 383 g/mol. The van der Waals surface area contributed by atoms with E-state index in [0.29, 0.717) is 6.54 Å². The van der Waals surface area contributed by atoms with E-state index in [-0.39, 0.29) is 23.3 Å². The summed E-state index contributed by atoms with van der Waals surface area (Å²) in [6, 6.07) is 10.2. The quantitative estimate of drug-likeness (QED) is 0.807. The van der Waals surface area contributed by atoms with Crippen LogP contribution in [0.25, 0.3) is 0 Å². The van der Waals surface area contributed by atoms with E-state index < -0.39 is 20.5 Å². The van der Waals surface area contributed by atoms with Crippen LogP contribution in [0, 0.1) is 5.82 Å². The maximum absolute atomic E-state index is 13.1. The van der Waals surface area contributed by atoms with E-state index in [9.17, 15) is 26.4 Å². The van der Waals surface area contributed by atoms with Gasteiger partial charge in [-0.15, -0.1) is 0 Å². The predicted molar refractivity (Wildman–Crippen MR) is 89.0 cm³/mol. The number of amides is 1. The molecule has 0 radical (unpaired) electrons. The van der Waals surface area contributed by atoms with Crippen LogP contribution in [0.1, 0.15) is 34.8 Å². The average molecular weight is 383 g/mol. The Labute approximate surface area is 149 Å². The predicted octanol–water partition coefficient (Wildman–Crippen LogP) is 3.80. The van der Waals surface area contributed by atoms with Gasteiger partial charge in [0.15, 0.2) is 0 Å². The molecule has 3 rings (SSSR count). The number of nitrogens with zero attached hydrogens (tertiary/aromatic N) is 1. The zero-order valence-electron chi connectivity index (χ0n) is 13.6. The molecule has 0 N–H and O–H groups in total. The van der Waals surface area contributed by atoms with Crippen molar-refractivity contribution in [2.24, 2.45) is 0 Å². The summed E-state index contributed by atoms with van der Waals surface area (Å²) in [4.78, 5) is 13.8. The van der Waals surface area contributed by atoms with Crippen LogP contribution in [0.5, 0.6) is 0 Å². The van der Waals surface area contributed by atoms with Crippen molar-refractivity contribution >= 4 is 15.7 Å². The van der Waals surface area contributed by atoms with Crippen LogP contribution < -0.4 is 0 Å². The van der Waals surface area contributed by atoms with Crippen LogP contribution in [0.3, 0.4) is 0 Å². The third kappa shape index (κ3) is 3.46. The summed E-state index contributed by atoms with van der Waals surface area (Å²) in [6.45, 7) is 0.512. The molecular formula is C18H16F3NO3S. The van der Waals surface area contributed by atoms with Crippen LogP contribution in [-0.2, 0) is 9.84 Å². The molecule has 1 aliphatic heterocycles. The Bertz CT molecular complexity index is 896. The van der Waals surface area contributed by atoms with Gasteiger partial charge in [-0.1, -0.05) is 12.1 Å². The van der Waals surface area contributed by atoms with Crippen LogP contribution >= 0.6 is 0 Å². The maximum atomic E-state index is 13.1. The normalized spacial score (nSPS) is 17.7. The van der Waals surface area contributed by atoms with Crippen LogP contribution in [0.15, 0.2) is 53.4 Å². The number of sulfone groups is 1. The lowest BCUT2D eigenvalue weighted by Crippen LogP contribution is -2.30. The third-order valence-corrected chi connectivity index (χ3v) is 5.83. The van der Waals surface area contributed by atoms with Crippen LogP contribution in [0.2, 0.25) is 0 Å². The molecule has 4 nitrogen and oxygen atoms in total. The first kappa shape index (κ1) is 18.4. The highest BCUT2D eigenvalue weighted by molar-refractivity contribution is 7.91.